The maximum Gasteiger partial charge on any atom is 0.407 e. The zero-order valence-electron chi connectivity index (χ0n) is 19.0. The zero-order chi connectivity index (χ0) is 24.8. The van der Waals surface area contributed by atoms with E-state index in [0.29, 0.717) is 11.3 Å². The molecule has 0 aromatic heterocycles. The summed E-state index contributed by atoms with van der Waals surface area (Å²) in [7, 11) is 0. The van der Waals surface area contributed by atoms with Crippen LogP contribution in [-0.2, 0) is 9.53 Å². The summed E-state index contributed by atoms with van der Waals surface area (Å²) < 4.78 is 5.48. The summed E-state index contributed by atoms with van der Waals surface area (Å²) in [6, 6.07) is 22.7. The Morgan fingerprint density at radius 3 is 2.11 bits per heavy atom. The van der Waals surface area contributed by atoms with Gasteiger partial charge in [0.05, 0.1) is 6.10 Å². The van der Waals surface area contributed by atoms with Crippen molar-refractivity contribution in [1.29, 1.82) is 0 Å². The molecule has 0 bridgehead atoms. The van der Waals surface area contributed by atoms with Crippen LogP contribution in [-0.4, -0.2) is 47.3 Å². The van der Waals surface area contributed by atoms with E-state index in [0.717, 1.165) is 22.3 Å². The molecule has 182 valence electrons. The summed E-state index contributed by atoms with van der Waals surface area (Å²) in [6.07, 6.45) is -2.67. The van der Waals surface area contributed by atoms with E-state index in [9.17, 15) is 19.8 Å². The number of rotatable bonds is 9. The molecule has 35 heavy (non-hydrogen) atoms. The number of benzene rings is 3. The third-order valence-electron chi connectivity index (χ3n) is 6.07. The fourth-order valence-corrected chi connectivity index (χ4v) is 4.38. The lowest BCUT2D eigenvalue weighted by molar-refractivity contribution is -0.113. The van der Waals surface area contributed by atoms with Gasteiger partial charge in [0.2, 0.25) is 5.91 Å². The Kier molecular flexibility index (Phi) is 8.02. The Labute approximate surface area is 208 Å². The van der Waals surface area contributed by atoms with Crippen molar-refractivity contribution >= 4 is 29.3 Å². The fraction of sp³-hybridized carbons (Fsp3) is 0.259. The van der Waals surface area contributed by atoms with Crippen LogP contribution in [0, 0.1) is 0 Å². The number of fused-ring (bicyclic) bond motifs is 3. The van der Waals surface area contributed by atoms with E-state index in [4.69, 9.17) is 16.3 Å². The van der Waals surface area contributed by atoms with Crippen molar-refractivity contribution in [3.8, 4) is 11.1 Å². The number of aliphatic hydroxyl groups excluding tert-OH is 2. The highest BCUT2D eigenvalue weighted by Crippen LogP contribution is 2.44. The van der Waals surface area contributed by atoms with Crippen molar-refractivity contribution in [2.24, 2.45) is 0 Å². The van der Waals surface area contributed by atoms with Gasteiger partial charge in [-0.2, -0.15) is 0 Å². The minimum absolute atomic E-state index is 0.0299. The average Bonchev–Trinajstić information content (AvgIpc) is 3.21. The second-order valence-corrected chi connectivity index (χ2v) is 8.62. The Morgan fingerprint density at radius 1 is 0.914 bits per heavy atom. The topological polar surface area (TPSA) is 108 Å². The first-order valence-electron chi connectivity index (χ1n) is 11.4. The maximum atomic E-state index is 12.3. The molecule has 1 aliphatic carbocycles. The van der Waals surface area contributed by atoms with Gasteiger partial charge in [0.1, 0.15) is 18.6 Å². The fourth-order valence-electron chi connectivity index (χ4n) is 4.31. The van der Waals surface area contributed by atoms with Crippen molar-refractivity contribution in [2.75, 3.05) is 24.3 Å². The van der Waals surface area contributed by atoms with Crippen LogP contribution in [0.5, 0.6) is 0 Å². The predicted octanol–water partition coefficient (Wildman–Crippen LogP) is 4.19. The number of alkyl carbamates (subject to hydrolysis) is 1. The lowest BCUT2D eigenvalue weighted by Crippen LogP contribution is -2.30. The van der Waals surface area contributed by atoms with Crippen molar-refractivity contribution in [2.45, 2.75) is 24.5 Å². The molecule has 2 unspecified atom stereocenters. The second kappa shape index (κ2) is 11.4. The van der Waals surface area contributed by atoms with Gasteiger partial charge in [-0.25, -0.2) is 4.79 Å². The molecular weight excluding hydrogens is 468 g/mol. The highest BCUT2D eigenvalue weighted by atomic mass is 35.5. The van der Waals surface area contributed by atoms with Gasteiger partial charge in [-0.15, -0.1) is 11.6 Å². The van der Waals surface area contributed by atoms with E-state index in [1.54, 1.807) is 24.3 Å². The summed E-state index contributed by atoms with van der Waals surface area (Å²) >= 11 is 5.47. The number of carbonyl (C=O) groups excluding carboxylic acids is 2. The number of anilines is 1. The van der Waals surface area contributed by atoms with Crippen molar-refractivity contribution in [3.05, 3.63) is 89.5 Å². The molecule has 2 amide bonds. The van der Waals surface area contributed by atoms with Crippen molar-refractivity contribution in [3.63, 3.8) is 0 Å². The van der Waals surface area contributed by atoms with Gasteiger partial charge in [-0.3, -0.25) is 4.79 Å². The van der Waals surface area contributed by atoms with E-state index >= 15 is 0 Å². The molecule has 3 aromatic rings. The van der Waals surface area contributed by atoms with Crippen LogP contribution < -0.4 is 10.6 Å². The smallest absolute Gasteiger partial charge is 0.407 e. The molecule has 0 saturated heterocycles. The maximum absolute atomic E-state index is 12.3. The Balaban J connectivity index is 1.24. The first kappa shape index (κ1) is 24.7. The molecule has 4 N–H and O–H groups in total. The number of halogens is 1. The normalized spacial score (nSPS) is 13.9. The van der Waals surface area contributed by atoms with Crippen molar-refractivity contribution in [1.82, 2.24) is 5.32 Å². The van der Waals surface area contributed by atoms with E-state index < -0.39 is 18.3 Å². The zero-order valence-corrected chi connectivity index (χ0v) is 19.7. The first-order valence-corrected chi connectivity index (χ1v) is 11.9. The van der Waals surface area contributed by atoms with E-state index in [1.165, 1.54) is 0 Å². The van der Waals surface area contributed by atoms with Crippen LogP contribution in [0.2, 0.25) is 0 Å². The second-order valence-electron chi connectivity index (χ2n) is 8.36. The summed E-state index contributed by atoms with van der Waals surface area (Å²) in [4.78, 5) is 23.6. The van der Waals surface area contributed by atoms with Crippen LogP contribution in [0.3, 0.4) is 0 Å². The number of aliphatic hydroxyl groups is 2. The third kappa shape index (κ3) is 5.82. The molecule has 7 nitrogen and oxygen atoms in total. The number of amides is 2. The lowest BCUT2D eigenvalue weighted by atomic mass is 9.98. The van der Waals surface area contributed by atoms with Crippen LogP contribution in [0.15, 0.2) is 72.8 Å². The number of hydrogen-bond donors (Lipinski definition) is 4. The number of hydrogen-bond acceptors (Lipinski definition) is 5. The van der Waals surface area contributed by atoms with Gasteiger partial charge in [-0.05, 0) is 46.4 Å². The van der Waals surface area contributed by atoms with Crippen LogP contribution in [0.4, 0.5) is 10.5 Å². The highest BCUT2D eigenvalue weighted by Gasteiger charge is 2.29. The first-order chi connectivity index (χ1) is 17.0. The van der Waals surface area contributed by atoms with Gasteiger partial charge in [0.25, 0.3) is 0 Å². The van der Waals surface area contributed by atoms with Crippen molar-refractivity contribution < 1.29 is 24.5 Å². The number of carbonyl (C=O) groups is 2. The monoisotopic (exact) mass is 494 g/mol. The largest absolute Gasteiger partial charge is 0.449 e. The standard InChI is InChI=1S/C27H27ClN2O5/c28-15-25(32)30-18-11-9-17(10-12-18)26(33)24(31)13-14-29-27(34)35-16-23-21-7-3-1-5-19(21)20-6-2-4-8-22(20)23/h1-12,23-24,26,31,33H,13-16H2,(H,29,34)(H,30,32). The molecule has 2 atom stereocenters. The average molecular weight is 495 g/mol. The summed E-state index contributed by atoms with van der Waals surface area (Å²) in [5.74, 6) is -0.517. The molecule has 0 fully saturated rings. The number of ether oxygens (including phenoxy) is 1. The number of alkyl halides is 1. The summed E-state index contributed by atoms with van der Waals surface area (Å²) in [5.41, 5.74) is 5.61. The SMILES string of the molecule is O=C(CCl)Nc1ccc(C(O)C(O)CCNC(=O)OCC2c3ccccc3-c3ccccc32)cc1. The van der Waals surface area contributed by atoms with Crippen LogP contribution in [0.1, 0.15) is 35.1 Å². The minimum Gasteiger partial charge on any atom is -0.449 e. The Hall–Kier alpha value is -3.39. The molecule has 0 radical (unpaired) electrons. The molecule has 0 heterocycles. The third-order valence-corrected chi connectivity index (χ3v) is 6.32. The Morgan fingerprint density at radius 2 is 1.51 bits per heavy atom. The van der Waals surface area contributed by atoms with Gasteiger partial charge < -0.3 is 25.6 Å². The van der Waals surface area contributed by atoms with Gasteiger partial charge in [0, 0.05) is 18.2 Å². The summed E-state index contributed by atoms with van der Waals surface area (Å²) in [6.45, 7) is 0.344. The molecule has 0 spiro atoms. The molecule has 1 aliphatic rings. The minimum atomic E-state index is -1.14. The van der Waals surface area contributed by atoms with Gasteiger partial charge in [-0.1, -0.05) is 60.7 Å². The number of nitrogens with one attached hydrogen (secondary N) is 2. The molecular formula is C27H27ClN2O5. The molecule has 0 aliphatic heterocycles. The summed E-state index contributed by atoms with van der Waals surface area (Å²) in [5, 5.41) is 26.0. The quantitative estimate of drug-likeness (QED) is 0.334. The van der Waals surface area contributed by atoms with Crippen LogP contribution >= 0.6 is 11.6 Å². The Bertz CT molecular complexity index is 1140. The van der Waals surface area contributed by atoms with E-state index in [-0.39, 0.29) is 37.3 Å². The van der Waals surface area contributed by atoms with E-state index in [2.05, 4.69) is 34.9 Å². The molecule has 8 heteroatoms. The lowest BCUT2D eigenvalue weighted by Gasteiger charge is -2.19. The predicted molar refractivity (Wildman–Crippen MR) is 134 cm³/mol. The van der Waals surface area contributed by atoms with Crippen LogP contribution in [0.25, 0.3) is 11.1 Å². The molecule has 3 aromatic carbocycles. The molecule has 0 saturated carbocycles. The van der Waals surface area contributed by atoms with Gasteiger partial charge in [0.15, 0.2) is 0 Å². The highest BCUT2D eigenvalue weighted by molar-refractivity contribution is 6.29. The van der Waals surface area contributed by atoms with Gasteiger partial charge >= 0.3 is 6.09 Å². The molecule has 4 rings (SSSR count). The van der Waals surface area contributed by atoms with E-state index in [1.807, 2.05) is 24.3 Å².